The van der Waals surface area contributed by atoms with Crippen molar-refractivity contribution in [2.75, 3.05) is 6.54 Å². The first-order chi connectivity index (χ1) is 6.70. The summed E-state index contributed by atoms with van der Waals surface area (Å²) >= 11 is 5.98. The van der Waals surface area contributed by atoms with Gasteiger partial charge in [-0.1, -0.05) is 13.8 Å². The highest BCUT2D eigenvalue weighted by molar-refractivity contribution is 6.30. The lowest BCUT2D eigenvalue weighted by atomic mass is 9.99. The third-order valence-corrected chi connectivity index (χ3v) is 3.50. The number of hydrogen-bond donors (Lipinski definition) is 0. The van der Waals surface area contributed by atoms with Crippen LogP contribution in [-0.4, -0.2) is 28.8 Å². The molecule has 0 spiro atoms. The molecule has 0 radical (unpaired) electrons. The van der Waals surface area contributed by atoms with E-state index in [1.807, 2.05) is 11.8 Å². The Morgan fingerprint density at radius 1 is 1.50 bits per heavy atom. The molecule has 1 fully saturated rings. The van der Waals surface area contributed by atoms with Crippen LogP contribution in [0.5, 0.6) is 0 Å². The number of nitrogens with zero attached hydrogens (tertiary/aromatic N) is 1. The second-order valence-corrected chi connectivity index (χ2v) is 4.49. The lowest BCUT2D eigenvalue weighted by Gasteiger charge is -2.36. The van der Waals surface area contributed by atoms with Crippen LogP contribution in [0.25, 0.3) is 0 Å². The minimum Gasteiger partial charge on any atom is -0.338 e. The van der Waals surface area contributed by atoms with Crippen LogP contribution in [0.4, 0.5) is 0 Å². The van der Waals surface area contributed by atoms with Crippen molar-refractivity contribution in [1.82, 2.24) is 4.90 Å². The Bertz CT molecular complexity index is 196. The molecule has 82 valence electrons. The summed E-state index contributed by atoms with van der Waals surface area (Å²) in [7, 11) is 0. The van der Waals surface area contributed by atoms with Crippen molar-refractivity contribution in [1.29, 1.82) is 0 Å². The van der Waals surface area contributed by atoms with Gasteiger partial charge in [-0.3, -0.25) is 4.79 Å². The van der Waals surface area contributed by atoms with Crippen LogP contribution in [0.2, 0.25) is 0 Å². The van der Waals surface area contributed by atoms with Crippen LogP contribution in [-0.2, 0) is 4.79 Å². The molecule has 14 heavy (non-hydrogen) atoms. The molecule has 0 unspecified atom stereocenters. The smallest absolute Gasteiger partial charge is 0.240 e. The van der Waals surface area contributed by atoms with Crippen molar-refractivity contribution < 1.29 is 4.79 Å². The van der Waals surface area contributed by atoms with Gasteiger partial charge in [-0.25, -0.2) is 0 Å². The van der Waals surface area contributed by atoms with Gasteiger partial charge in [-0.2, -0.15) is 0 Å². The third kappa shape index (κ3) is 2.63. The van der Waals surface area contributed by atoms with Crippen molar-refractivity contribution in [2.24, 2.45) is 0 Å². The fourth-order valence-electron chi connectivity index (χ4n) is 2.07. The van der Waals surface area contributed by atoms with E-state index >= 15 is 0 Å². The number of rotatable bonds is 3. The number of piperidine rings is 1. The van der Waals surface area contributed by atoms with Gasteiger partial charge in [0.15, 0.2) is 0 Å². The zero-order chi connectivity index (χ0) is 10.6. The number of amides is 1. The van der Waals surface area contributed by atoms with Crippen molar-refractivity contribution in [3.05, 3.63) is 0 Å². The highest BCUT2D eigenvalue weighted by Gasteiger charge is 2.28. The molecule has 0 aliphatic carbocycles. The normalized spacial score (nSPS) is 24.8. The van der Waals surface area contributed by atoms with Gasteiger partial charge in [0.2, 0.25) is 5.91 Å². The molecule has 1 amide bonds. The van der Waals surface area contributed by atoms with Crippen LogP contribution in [0.1, 0.15) is 46.0 Å². The van der Waals surface area contributed by atoms with E-state index in [9.17, 15) is 4.79 Å². The fourth-order valence-corrected chi connectivity index (χ4v) is 2.20. The van der Waals surface area contributed by atoms with E-state index in [0.29, 0.717) is 6.04 Å². The zero-order valence-corrected chi connectivity index (χ0v) is 9.89. The fraction of sp³-hybridized carbons (Fsp3) is 0.909. The third-order valence-electron chi connectivity index (χ3n) is 3.01. The number of halogens is 1. The largest absolute Gasteiger partial charge is 0.338 e. The van der Waals surface area contributed by atoms with Gasteiger partial charge in [-0.05, 0) is 32.1 Å². The summed E-state index contributed by atoms with van der Waals surface area (Å²) in [6.45, 7) is 5.01. The summed E-state index contributed by atoms with van der Waals surface area (Å²) in [5.74, 6) is 0.140. The van der Waals surface area contributed by atoms with E-state index in [-0.39, 0.29) is 11.3 Å². The maximum absolute atomic E-state index is 11.9. The quantitative estimate of drug-likeness (QED) is 0.666. The van der Waals surface area contributed by atoms with Crippen molar-refractivity contribution >= 4 is 17.5 Å². The number of hydrogen-bond acceptors (Lipinski definition) is 1. The van der Waals surface area contributed by atoms with Crippen LogP contribution in [0.3, 0.4) is 0 Å². The van der Waals surface area contributed by atoms with E-state index in [1.165, 1.54) is 6.42 Å². The monoisotopic (exact) mass is 217 g/mol. The highest BCUT2D eigenvalue weighted by atomic mass is 35.5. The first-order valence-corrected chi connectivity index (χ1v) is 6.08. The van der Waals surface area contributed by atoms with E-state index < -0.39 is 0 Å². The molecule has 0 N–H and O–H groups in total. The van der Waals surface area contributed by atoms with E-state index in [2.05, 4.69) is 6.92 Å². The van der Waals surface area contributed by atoms with Gasteiger partial charge in [0.25, 0.3) is 0 Å². The summed E-state index contributed by atoms with van der Waals surface area (Å²) in [4.78, 5) is 13.9. The summed E-state index contributed by atoms with van der Waals surface area (Å²) in [5, 5.41) is -0.317. The summed E-state index contributed by atoms with van der Waals surface area (Å²) < 4.78 is 0. The molecule has 1 saturated heterocycles. The second kappa shape index (κ2) is 5.59. The van der Waals surface area contributed by atoms with Gasteiger partial charge < -0.3 is 4.90 Å². The maximum Gasteiger partial charge on any atom is 0.240 e. The van der Waals surface area contributed by atoms with Gasteiger partial charge >= 0.3 is 0 Å². The molecule has 1 heterocycles. The Labute approximate surface area is 91.6 Å². The lowest BCUT2D eigenvalue weighted by Crippen LogP contribution is -2.46. The Morgan fingerprint density at radius 2 is 2.21 bits per heavy atom. The Balaban J connectivity index is 2.58. The number of carbonyl (C=O) groups excluding carboxylic acids is 1. The SMILES string of the molecule is CC[C@H]1CCCCN1C(=O)[C@H](Cl)CC. The van der Waals surface area contributed by atoms with E-state index in [0.717, 1.165) is 32.2 Å². The van der Waals surface area contributed by atoms with Crippen molar-refractivity contribution in [3.63, 3.8) is 0 Å². The van der Waals surface area contributed by atoms with Crippen LogP contribution in [0, 0.1) is 0 Å². The average molecular weight is 218 g/mol. The number of carbonyl (C=O) groups is 1. The molecule has 2 nitrogen and oxygen atoms in total. The molecule has 1 rings (SSSR count). The second-order valence-electron chi connectivity index (χ2n) is 3.97. The van der Waals surface area contributed by atoms with Gasteiger partial charge in [0, 0.05) is 12.6 Å². The van der Waals surface area contributed by atoms with E-state index in [4.69, 9.17) is 11.6 Å². The molecule has 0 aromatic rings. The highest BCUT2D eigenvalue weighted by Crippen LogP contribution is 2.21. The predicted molar refractivity (Wildman–Crippen MR) is 59.6 cm³/mol. The molecule has 1 aliphatic rings. The standard InChI is InChI=1S/C11H20ClNO/c1-3-9-7-5-6-8-13(9)11(14)10(12)4-2/h9-10H,3-8H2,1-2H3/t9-,10+/m0/s1. The van der Waals surface area contributed by atoms with Gasteiger partial charge in [-0.15, -0.1) is 11.6 Å². The molecule has 0 saturated carbocycles. The number of alkyl halides is 1. The van der Waals surface area contributed by atoms with Gasteiger partial charge in [0.1, 0.15) is 5.38 Å². The Morgan fingerprint density at radius 3 is 2.79 bits per heavy atom. The molecule has 0 aromatic carbocycles. The summed E-state index contributed by atoms with van der Waals surface area (Å²) in [6.07, 6.45) is 5.32. The Hall–Kier alpha value is -0.240. The molecule has 1 aliphatic heterocycles. The average Bonchev–Trinajstić information content (AvgIpc) is 2.26. The van der Waals surface area contributed by atoms with Crippen LogP contribution >= 0.6 is 11.6 Å². The van der Waals surface area contributed by atoms with Gasteiger partial charge in [0.05, 0.1) is 0 Å². The minimum atomic E-state index is -0.317. The summed E-state index contributed by atoms with van der Waals surface area (Å²) in [6, 6.07) is 0.434. The molecule has 2 atom stereocenters. The first kappa shape index (κ1) is 11.8. The van der Waals surface area contributed by atoms with Crippen molar-refractivity contribution in [3.8, 4) is 0 Å². The maximum atomic E-state index is 11.9. The van der Waals surface area contributed by atoms with Crippen LogP contribution in [0.15, 0.2) is 0 Å². The molecule has 3 heteroatoms. The lowest BCUT2D eigenvalue weighted by molar-refractivity contribution is -0.134. The topological polar surface area (TPSA) is 20.3 Å². The first-order valence-electron chi connectivity index (χ1n) is 5.65. The predicted octanol–water partition coefficient (Wildman–Crippen LogP) is 2.79. The van der Waals surface area contributed by atoms with Crippen LogP contribution < -0.4 is 0 Å². The van der Waals surface area contributed by atoms with E-state index in [1.54, 1.807) is 0 Å². The molecule has 0 bridgehead atoms. The zero-order valence-electron chi connectivity index (χ0n) is 9.13. The molecule has 0 aromatic heterocycles. The minimum absolute atomic E-state index is 0.140. The summed E-state index contributed by atoms with van der Waals surface area (Å²) in [5.41, 5.74) is 0. The molecular formula is C11H20ClNO. The number of likely N-dealkylation sites (tertiary alicyclic amines) is 1. The Kier molecular flexibility index (Phi) is 4.73. The van der Waals surface area contributed by atoms with Crippen molar-refractivity contribution in [2.45, 2.75) is 57.4 Å². The molecular weight excluding hydrogens is 198 g/mol.